The number of benzene rings is 2. The fraction of sp³-hybridized carbons (Fsp3) is 0.250. The minimum Gasteiger partial charge on any atom is -0.497 e. The van der Waals surface area contributed by atoms with Crippen molar-refractivity contribution in [2.24, 2.45) is 0 Å². The van der Waals surface area contributed by atoms with Gasteiger partial charge in [-0.25, -0.2) is 4.98 Å². The van der Waals surface area contributed by atoms with Crippen LogP contribution in [0, 0.1) is 0 Å². The van der Waals surface area contributed by atoms with Crippen molar-refractivity contribution in [3.05, 3.63) is 72.6 Å². The molecule has 0 radical (unpaired) electrons. The van der Waals surface area contributed by atoms with E-state index in [0.717, 1.165) is 40.1 Å². The molecule has 0 spiro atoms. The van der Waals surface area contributed by atoms with Gasteiger partial charge in [0, 0.05) is 55.6 Å². The molecule has 3 heterocycles. The molecule has 2 aromatic heterocycles. The van der Waals surface area contributed by atoms with Gasteiger partial charge >= 0.3 is 0 Å². The van der Waals surface area contributed by atoms with Gasteiger partial charge in [0.1, 0.15) is 11.9 Å². The van der Waals surface area contributed by atoms with Crippen LogP contribution in [0.15, 0.2) is 67.0 Å². The van der Waals surface area contributed by atoms with E-state index >= 15 is 0 Å². The number of likely N-dealkylation sites (tertiary alicyclic amines) is 1. The van der Waals surface area contributed by atoms with Gasteiger partial charge in [-0.1, -0.05) is 11.3 Å². The highest BCUT2D eigenvalue weighted by molar-refractivity contribution is 7.20. The maximum Gasteiger partial charge on any atom is 0.274 e. The zero-order valence-electron chi connectivity index (χ0n) is 17.2. The van der Waals surface area contributed by atoms with Crippen LogP contribution in [0.1, 0.15) is 23.2 Å². The highest BCUT2D eigenvalue weighted by Gasteiger charge is 2.25. The van der Waals surface area contributed by atoms with E-state index in [1.807, 2.05) is 76.5 Å². The molecule has 0 atom stereocenters. The monoisotopic (exact) mass is 433 g/mol. The zero-order valence-corrected chi connectivity index (χ0v) is 18.0. The first-order valence-corrected chi connectivity index (χ1v) is 11.2. The van der Waals surface area contributed by atoms with Crippen LogP contribution < -0.4 is 9.47 Å². The van der Waals surface area contributed by atoms with E-state index in [9.17, 15) is 4.79 Å². The SMILES string of the molecule is COc1ccc2sc(OC3CCN(C(=O)c4ccc(-n5cccc5)cc4)CC3)nc2c1. The number of nitrogens with zero attached hydrogens (tertiary/aromatic N) is 3. The zero-order chi connectivity index (χ0) is 21.2. The Morgan fingerprint density at radius 2 is 1.81 bits per heavy atom. The number of thiazole rings is 1. The van der Waals surface area contributed by atoms with Crippen molar-refractivity contribution >= 4 is 27.5 Å². The van der Waals surface area contributed by atoms with Gasteiger partial charge in [0.15, 0.2) is 0 Å². The van der Waals surface area contributed by atoms with Crippen molar-refractivity contribution in [1.82, 2.24) is 14.5 Å². The lowest BCUT2D eigenvalue weighted by molar-refractivity contribution is 0.0595. The molecule has 158 valence electrons. The molecule has 0 aliphatic carbocycles. The first kappa shape index (κ1) is 19.6. The first-order chi connectivity index (χ1) is 15.2. The van der Waals surface area contributed by atoms with E-state index in [1.54, 1.807) is 18.4 Å². The quantitative estimate of drug-likeness (QED) is 0.455. The molecule has 4 aromatic rings. The van der Waals surface area contributed by atoms with Gasteiger partial charge in [0.2, 0.25) is 0 Å². The van der Waals surface area contributed by atoms with Crippen molar-refractivity contribution in [2.45, 2.75) is 18.9 Å². The first-order valence-electron chi connectivity index (χ1n) is 10.3. The predicted octanol–water partition coefficient (Wildman–Crippen LogP) is 4.78. The Bertz CT molecular complexity index is 1180. The lowest BCUT2D eigenvalue weighted by Gasteiger charge is -2.31. The number of methoxy groups -OCH3 is 1. The maximum absolute atomic E-state index is 12.9. The third-order valence-electron chi connectivity index (χ3n) is 5.59. The average Bonchev–Trinajstić information content (AvgIpc) is 3.48. The topological polar surface area (TPSA) is 56.6 Å². The second-order valence-corrected chi connectivity index (χ2v) is 8.55. The third-order valence-corrected chi connectivity index (χ3v) is 6.52. The smallest absolute Gasteiger partial charge is 0.274 e. The number of hydrogen-bond acceptors (Lipinski definition) is 5. The number of fused-ring (bicyclic) bond motifs is 1. The van der Waals surface area contributed by atoms with Gasteiger partial charge in [0.05, 0.1) is 17.3 Å². The number of hydrogen-bond donors (Lipinski definition) is 0. The van der Waals surface area contributed by atoms with Crippen molar-refractivity contribution in [2.75, 3.05) is 20.2 Å². The molecule has 1 aliphatic heterocycles. The molecule has 0 N–H and O–H groups in total. The summed E-state index contributed by atoms with van der Waals surface area (Å²) in [4.78, 5) is 19.4. The minimum absolute atomic E-state index is 0.0719. The van der Waals surface area contributed by atoms with Crippen LogP contribution in [-0.2, 0) is 0 Å². The summed E-state index contributed by atoms with van der Waals surface area (Å²) < 4.78 is 14.5. The fourth-order valence-corrected chi connectivity index (χ4v) is 4.71. The number of carbonyl (C=O) groups excluding carboxylic acids is 1. The Morgan fingerprint density at radius 3 is 2.52 bits per heavy atom. The second kappa shape index (κ2) is 8.43. The maximum atomic E-state index is 12.9. The largest absolute Gasteiger partial charge is 0.497 e. The molecule has 7 heteroatoms. The second-order valence-electron chi connectivity index (χ2n) is 7.56. The molecule has 0 saturated carbocycles. The van der Waals surface area contributed by atoms with Crippen molar-refractivity contribution in [3.63, 3.8) is 0 Å². The standard InChI is InChI=1S/C24H23N3O3S/c1-29-20-8-9-22-21(16-20)25-24(31-22)30-19-10-14-27(15-11-19)23(28)17-4-6-18(7-5-17)26-12-2-3-13-26/h2-9,12-13,16,19H,10-11,14-15H2,1H3. The summed E-state index contributed by atoms with van der Waals surface area (Å²) in [6.45, 7) is 1.36. The van der Waals surface area contributed by atoms with Crippen LogP contribution in [-0.4, -0.2) is 46.7 Å². The van der Waals surface area contributed by atoms with Crippen molar-refractivity contribution < 1.29 is 14.3 Å². The molecule has 1 saturated heterocycles. The van der Waals surface area contributed by atoms with E-state index in [2.05, 4.69) is 4.98 Å². The van der Waals surface area contributed by atoms with E-state index < -0.39 is 0 Å². The molecule has 0 bridgehead atoms. The predicted molar refractivity (Wildman–Crippen MR) is 121 cm³/mol. The lowest BCUT2D eigenvalue weighted by Crippen LogP contribution is -2.41. The summed E-state index contributed by atoms with van der Waals surface area (Å²) >= 11 is 1.54. The van der Waals surface area contributed by atoms with E-state index in [1.165, 1.54) is 0 Å². The average molecular weight is 434 g/mol. The van der Waals surface area contributed by atoms with E-state index in [4.69, 9.17) is 9.47 Å². The molecule has 31 heavy (non-hydrogen) atoms. The molecule has 1 aliphatic rings. The molecule has 1 amide bonds. The number of rotatable bonds is 5. The summed E-state index contributed by atoms with van der Waals surface area (Å²) in [5.74, 6) is 0.863. The van der Waals surface area contributed by atoms with Gasteiger partial charge in [-0.2, -0.15) is 0 Å². The molecule has 6 nitrogen and oxygen atoms in total. The number of carbonyl (C=O) groups is 1. The lowest BCUT2D eigenvalue weighted by atomic mass is 10.1. The van der Waals surface area contributed by atoms with E-state index in [-0.39, 0.29) is 12.0 Å². The number of aromatic nitrogens is 2. The number of piperidine rings is 1. The van der Waals surface area contributed by atoms with Crippen LogP contribution in [0.3, 0.4) is 0 Å². The van der Waals surface area contributed by atoms with Gasteiger partial charge in [0.25, 0.3) is 11.1 Å². The summed E-state index contributed by atoms with van der Waals surface area (Å²) in [5, 5.41) is 0.675. The minimum atomic E-state index is 0.0719. The van der Waals surface area contributed by atoms with Crippen LogP contribution in [0.5, 0.6) is 10.9 Å². The Kier molecular flexibility index (Phi) is 5.34. The Hall–Kier alpha value is -3.32. The molecular formula is C24H23N3O3S. The summed E-state index contributed by atoms with van der Waals surface area (Å²) in [5.41, 5.74) is 2.65. The van der Waals surface area contributed by atoms with Gasteiger partial charge in [-0.05, 0) is 48.5 Å². The van der Waals surface area contributed by atoms with Crippen molar-refractivity contribution in [1.29, 1.82) is 0 Å². The molecule has 0 unspecified atom stereocenters. The Balaban J connectivity index is 1.19. The number of amides is 1. The fourth-order valence-electron chi connectivity index (χ4n) is 3.85. The van der Waals surface area contributed by atoms with Crippen molar-refractivity contribution in [3.8, 4) is 16.6 Å². The molecule has 2 aromatic carbocycles. The third kappa shape index (κ3) is 4.14. The molecule has 5 rings (SSSR count). The molecular weight excluding hydrogens is 410 g/mol. The molecule has 1 fully saturated rings. The summed E-state index contributed by atoms with van der Waals surface area (Å²) in [7, 11) is 1.65. The normalized spacial score (nSPS) is 14.7. The van der Waals surface area contributed by atoms with Crippen LogP contribution in [0.25, 0.3) is 15.9 Å². The van der Waals surface area contributed by atoms with E-state index in [0.29, 0.717) is 18.3 Å². The highest BCUT2D eigenvalue weighted by atomic mass is 32.1. The Morgan fingerprint density at radius 1 is 1.06 bits per heavy atom. The van der Waals surface area contributed by atoms with Gasteiger partial charge < -0.3 is 18.9 Å². The Labute approximate surface area is 184 Å². The van der Waals surface area contributed by atoms with Gasteiger partial charge in [-0.3, -0.25) is 4.79 Å². The summed E-state index contributed by atoms with van der Waals surface area (Å²) in [6.07, 6.45) is 5.65. The van der Waals surface area contributed by atoms with Crippen LogP contribution in [0.4, 0.5) is 0 Å². The van der Waals surface area contributed by atoms with Crippen LogP contribution in [0.2, 0.25) is 0 Å². The van der Waals surface area contributed by atoms with Gasteiger partial charge in [-0.15, -0.1) is 0 Å². The number of ether oxygens (including phenoxy) is 2. The van der Waals surface area contributed by atoms with Crippen LogP contribution >= 0.6 is 11.3 Å². The highest BCUT2D eigenvalue weighted by Crippen LogP contribution is 2.32. The summed E-state index contributed by atoms with van der Waals surface area (Å²) in [6, 6.07) is 17.6.